The van der Waals surface area contributed by atoms with Crippen LogP contribution in [0.15, 0.2) is 24.5 Å². The molecule has 0 saturated carbocycles. The van der Waals surface area contributed by atoms with Gasteiger partial charge in [-0.15, -0.1) is 0 Å². The lowest BCUT2D eigenvalue weighted by Gasteiger charge is -2.39. The van der Waals surface area contributed by atoms with Crippen molar-refractivity contribution in [2.45, 2.75) is 51.0 Å². The fourth-order valence-electron chi connectivity index (χ4n) is 5.80. The van der Waals surface area contributed by atoms with Gasteiger partial charge in [0.1, 0.15) is 22.9 Å². The fraction of sp³-hybridized carbons (Fsp3) is 0.636. The van der Waals surface area contributed by atoms with Crippen molar-refractivity contribution in [3.63, 3.8) is 0 Å². The minimum atomic E-state index is -1.50. The van der Waals surface area contributed by atoms with Gasteiger partial charge < -0.3 is 45.8 Å². The van der Waals surface area contributed by atoms with Gasteiger partial charge in [-0.2, -0.15) is 0 Å². The Bertz CT molecular complexity index is 1290. The van der Waals surface area contributed by atoms with Gasteiger partial charge in [0.05, 0.1) is 32.8 Å². The quantitative estimate of drug-likeness (QED) is 0.125. The summed E-state index contributed by atoms with van der Waals surface area (Å²) in [5, 5.41) is 35.9. The fourth-order valence-corrected chi connectivity index (χ4v) is 5.80. The van der Waals surface area contributed by atoms with Crippen molar-refractivity contribution in [3.05, 3.63) is 47.3 Å². The maximum absolute atomic E-state index is 14.8. The summed E-state index contributed by atoms with van der Waals surface area (Å²) in [6.07, 6.45) is 8.10. The smallest absolute Gasteiger partial charge is 0.315 e. The Labute approximate surface area is 280 Å². The predicted molar refractivity (Wildman–Crippen MR) is 175 cm³/mol. The third kappa shape index (κ3) is 10.4. The maximum Gasteiger partial charge on any atom is 0.315 e. The lowest BCUT2D eigenvalue weighted by atomic mass is 9.92. The first-order chi connectivity index (χ1) is 23.2. The molecule has 0 spiro atoms. The van der Waals surface area contributed by atoms with Crippen molar-refractivity contribution >= 4 is 17.9 Å². The molecule has 1 aromatic carbocycles. The summed E-state index contributed by atoms with van der Waals surface area (Å²) in [6.45, 7) is 4.54. The van der Waals surface area contributed by atoms with Crippen LogP contribution < -0.4 is 25.6 Å². The van der Waals surface area contributed by atoms with E-state index in [4.69, 9.17) is 4.74 Å². The highest BCUT2D eigenvalue weighted by molar-refractivity contribution is 5.79. The molecular formula is C33H49F2N7O6. The Kier molecular flexibility index (Phi) is 14.1. The van der Waals surface area contributed by atoms with Gasteiger partial charge in [0, 0.05) is 81.8 Å². The Morgan fingerprint density at radius 1 is 1.00 bits per heavy atom. The molecular weight excluding hydrogens is 628 g/mol. The van der Waals surface area contributed by atoms with E-state index < -0.39 is 43.0 Å². The van der Waals surface area contributed by atoms with Crippen LogP contribution in [0.2, 0.25) is 0 Å². The molecule has 2 aliphatic heterocycles. The minimum absolute atomic E-state index is 0.111. The number of amides is 3. The minimum Gasteiger partial charge on any atom is -0.493 e. The summed E-state index contributed by atoms with van der Waals surface area (Å²) >= 11 is 0. The number of halogens is 2. The van der Waals surface area contributed by atoms with Crippen LogP contribution in [0.1, 0.15) is 43.7 Å². The summed E-state index contributed by atoms with van der Waals surface area (Å²) in [5.74, 6) is -0.359. The van der Waals surface area contributed by atoms with Gasteiger partial charge in [0.15, 0.2) is 0 Å². The second-order valence-electron chi connectivity index (χ2n) is 12.7. The van der Waals surface area contributed by atoms with E-state index in [1.807, 2.05) is 12.4 Å². The van der Waals surface area contributed by atoms with Crippen LogP contribution >= 0.6 is 0 Å². The van der Waals surface area contributed by atoms with E-state index in [-0.39, 0.29) is 36.1 Å². The first-order valence-electron chi connectivity index (χ1n) is 16.7. The Morgan fingerprint density at radius 3 is 2.25 bits per heavy atom. The molecule has 2 fully saturated rings. The number of hydrogen-bond donors (Lipinski definition) is 6. The number of rotatable bonds is 18. The number of aliphatic hydroxyl groups excluding tert-OH is 3. The van der Waals surface area contributed by atoms with Crippen LogP contribution in [-0.2, 0) is 17.6 Å². The van der Waals surface area contributed by atoms with Crippen LogP contribution in [0.25, 0.3) is 0 Å². The number of aromatic nitrogens is 2. The van der Waals surface area contributed by atoms with E-state index in [0.717, 1.165) is 68.8 Å². The SMILES string of the molecule is CCc1cnc(N2CCC(CCCOc3cc(F)c(CC(=O)N4CC(CNCCNC(=O)NC(CO)(CO)CO)C4)c(F)c3)CC2)nc1. The van der Waals surface area contributed by atoms with E-state index in [9.17, 15) is 33.7 Å². The third-order valence-corrected chi connectivity index (χ3v) is 9.08. The number of carbonyl (C=O) groups is 2. The lowest BCUT2D eigenvalue weighted by molar-refractivity contribution is -0.136. The molecule has 1 aromatic heterocycles. The van der Waals surface area contributed by atoms with Gasteiger partial charge in [0.2, 0.25) is 11.9 Å². The molecule has 266 valence electrons. The summed E-state index contributed by atoms with van der Waals surface area (Å²) in [6, 6.07) is 1.64. The molecule has 3 amide bonds. The number of urea groups is 1. The van der Waals surface area contributed by atoms with Gasteiger partial charge in [-0.25, -0.2) is 23.5 Å². The zero-order valence-electron chi connectivity index (χ0n) is 27.6. The Hall–Kier alpha value is -3.66. The van der Waals surface area contributed by atoms with Gasteiger partial charge >= 0.3 is 6.03 Å². The number of piperidine rings is 1. The highest BCUT2D eigenvalue weighted by atomic mass is 19.1. The number of likely N-dealkylation sites (tertiary alicyclic amines) is 1. The zero-order valence-corrected chi connectivity index (χ0v) is 27.6. The van der Waals surface area contributed by atoms with E-state index in [1.54, 1.807) is 4.90 Å². The maximum atomic E-state index is 14.8. The molecule has 3 heterocycles. The molecule has 0 unspecified atom stereocenters. The van der Waals surface area contributed by atoms with Crippen LogP contribution in [0, 0.1) is 23.5 Å². The summed E-state index contributed by atoms with van der Waals surface area (Å²) in [7, 11) is 0. The number of anilines is 1. The van der Waals surface area contributed by atoms with Crippen LogP contribution in [0.3, 0.4) is 0 Å². The second-order valence-corrected chi connectivity index (χ2v) is 12.7. The molecule has 15 heteroatoms. The average Bonchev–Trinajstić information content (AvgIpc) is 3.08. The van der Waals surface area contributed by atoms with Gasteiger partial charge in [-0.1, -0.05) is 6.92 Å². The van der Waals surface area contributed by atoms with Crippen LogP contribution in [0.5, 0.6) is 5.75 Å². The summed E-state index contributed by atoms with van der Waals surface area (Å²) in [4.78, 5) is 37.3. The van der Waals surface area contributed by atoms with E-state index in [2.05, 4.69) is 37.7 Å². The molecule has 13 nitrogen and oxygen atoms in total. The molecule has 6 N–H and O–H groups in total. The first kappa shape index (κ1) is 37.2. The number of carbonyl (C=O) groups excluding carboxylic acids is 2. The molecule has 2 saturated heterocycles. The van der Waals surface area contributed by atoms with Crippen molar-refractivity contribution in [2.75, 3.05) is 77.1 Å². The van der Waals surface area contributed by atoms with Crippen molar-refractivity contribution in [2.24, 2.45) is 11.8 Å². The number of nitrogens with zero attached hydrogens (tertiary/aromatic N) is 4. The number of benzene rings is 1. The van der Waals surface area contributed by atoms with Crippen molar-refractivity contribution < 1.29 is 38.4 Å². The number of aryl methyl sites for hydroxylation is 1. The Balaban J connectivity index is 1.08. The van der Waals surface area contributed by atoms with Gasteiger partial charge in [-0.05, 0) is 43.6 Å². The van der Waals surface area contributed by atoms with E-state index in [0.29, 0.717) is 38.7 Å². The molecule has 0 bridgehead atoms. The molecule has 2 aromatic rings. The number of hydrogen-bond acceptors (Lipinski definition) is 10. The van der Waals surface area contributed by atoms with Crippen LogP contribution in [-0.4, -0.2) is 120 Å². The molecule has 0 atom stereocenters. The van der Waals surface area contributed by atoms with E-state index >= 15 is 0 Å². The van der Waals surface area contributed by atoms with Gasteiger partial charge in [-0.3, -0.25) is 4.79 Å². The second kappa shape index (κ2) is 18.2. The number of aliphatic hydroxyl groups is 3. The standard InChI is InChI=1S/C33H49F2N7O6/c1-2-23-16-38-31(39-17-23)41-9-5-24(6-10-41)4-3-11-48-26-12-28(34)27(29(35)13-26)14-30(46)42-18-25(19-42)15-36-7-8-37-32(47)40-33(20-43,21-44)22-45/h12-13,16-17,24-25,36,43-45H,2-11,14-15,18-22H2,1H3,(H2,37,40,47). The van der Waals surface area contributed by atoms with Gasteiger partial charge in [0.25, 0.3) is 0 Å². The summed E-state index contributed by atoms with van der Waals surface area (Å²) < 4.78 is 35.3. The summed E-state index contributed by atoms with van der Waals surface area (Å²) in [5.41, 5.74) is -0.653. The van der Waals surface area contributed by atoms with E-state index in [1.165, 1.54) is 0 Å². The topological polar surface area (TPSA) is 172 Å². The largest absolute Gasteiger partial charge is 0.493 e. The van der Waals surface area contributed by atoms with Crippen molar-refractivity contribution in [1.29, 1.82) is 0 Å². The highest BCUT2D eigenvalue weighted by Crippen LogP contribution is 2.26. The molecule has 0 radical (unpaired) electrons. The zero-order chi connectivity index (χ0) is 34.5. The lowest BCUT2D eigenvalue weighted by Crippen LogP contribution is -2.59. The molecule has 0 aliphatic carbocycles. The van der Waals surface area contributed by atoms with Crippen molar-refractivity contribution in [3.8, 4) is 5.75 Å². The molecule has 2 aliphatic rings. The van der Waals surface area contributed by atoms with Crippen LogP contribution in [0.4, 0.5) is 19.5 Å². The molecule has 48 heavy (non-hydrogen) atoms. The monoisotopic (exact) mass is 677 g/mol. The number of ether oxygens (including phenoxy) is 1. The Morgan fingerprint density at radius 2 is 1.65 bits per heavy atom. The normalized spacial score (nSPS) is 15.7. The average molecular weight is 678 g/mol. The highest BCUT2D eigenvalue weighted by Gasteiger charge is 2.32. The predicted octanol–water partition coefficient (Wildman–Crippen LogP) is 0.998. The van der Waals surface area contributed by atoms with Crippen molar-refractivity contribution in [1.82, 2.24) is 30.8 Å². The molecule has 4 rings (SSSR count). The first-order valence-corrected chi connectivity index (χ1v) is 16.7. The third-order valence-electron chi connectivity index (χ3n) is 9.08. The number of nitrogens with one attached hydrogen (secondary N) is 3.